The van der Waals surface area contributed by atoms with E-state index in [2.05, 4.69) is 5.32 Å². The van der Waals surface area contributed by atoms with Gasteiger partial charge in [-0.05, 0) is 42.8 Å². The van der Waals surface area contributed by atoms with Crippen molar-refractivity contribution in [2.75, 3.05) is 31.6 Å². The van der Waals surface area contributed by atoms with Crippen molar-refractivity contribution in [1.29, 1.82) is 0 Å². The van der Waals surface area contributed by atoms with E-state index < -0.39 is 12.0 Å². The van der Waals surface area contributed by atoms with Crippen LogP contribution in [0.5, 0.6) is 5.75 Å². The number of carbonyl (C=O) groups is 2. The minimum atomic E-state index is -0.539. The van der Waals surface area contributed by atoms with E-state index in [1.165, 1.54) is 17.0 Å². The second kappa shape index (κ2) is 8.61. The fourth-order valence-corrected chi connectivity index (χ4v) is 3.04. The van der Waals surface area contributed by atoms with Crippen molar-refractivity contribution in [1.82, 2.24) is 4.90 Å². The van der Waals surface area contributed by atoms with E-state index in [1.807, 2.05) is 13.0 Å². The highest BCUT2D eigenvalue weighted by Gasteiger charge is 2.22. The molecule has 0 atom stereocenters. The van der Waals surface area contributed by atoms with Crippen molar-refractivity contribution >= 4 is 40.9 Å². The maximum Gasteiger partial charge on any atom is 0.415 e. The average Bonchev–Trinajstić information content (AvgIpc) is 2.66. The lowest BCUT2D eigenvalue weighted by molar-refractivity contribution is 0.0415. The van der Waals surface area contributed by atoms with Gasteiger partial charge in [-0.25, -0.2) is 4.79 Å². The zero-order valence-electron chi connectivity index (χ0n) is 14.6. The van der Waals surface area contributed by atoms with Crippen LogP contribution in [-0.4, -0.2) is 43.2 Å². The number of morpholine rings is 1. The number of anilines is 1. The number of carbonyl (C=O) groups excluding carboxylic acids is 2. The second-order valence-electron chi connectivity index (χ2n) is 6.05. The van der Waals surface area contributed by atoms with Crippen molar-refractivity contribution in [3.8, 4) is 5.75 Å². The Kier molecular flexibility index (Phi) is 6.21. The summed E-state index contributed by atoms with van der Waals surface area (Å²) in [7, 11) is 0. The topological polar surface area (TPSA) is 67.9 Å². The molecule has 0 spiro atoms. The van der Waals surface area contributed by atoms with Crippen LogP contribution in [0, 0.1) is 6.92 Å². The molecule has 2 aromatic rings. The molecule has 0 aliphatic carbocycles. The van der Waals surface area contributed by atoms with Gasteiger partial charge in [-0.2, -0.15) is 0 Å². The quantitative estimate of drug-likeness (QED) is 0.817. The smallest absolute Gasteiger partial charge is 0.409 e. The predicted octanol–water partition coefficient (Wildman–Crippen LogP) is 4.39. The van der Waals surface area contributed by atoms with Crippen LogP contribution in [0.25, 0.3) is 0 Å². The van der Waals surface area contributed by atoms with Gasteiger partial charge in [0.05, 0.1) is 29.5 Å². The number of aryl methyl sites for hydroxylation is 1. The molecule has 0 unspecified atom stereocenters. The van der Waals surface area contributed by atoms with Gasteiger partial charge in [0.25, 0.3) is 5.91 Å². The van der Waals surface area contributed by atoms with Gasteiger partial charge >= 0.3 is 6.09 Å². The lowest BCUT2D eigenvalue weighted by Gasteiger charge is -2.26. The highest BCUT2D eigenvalue weighted by Crippen LogP contribution is 2.27. The number of amides is 2. The first kappa shape index (κ1) is 19.5. The lowest BCUT2D eigenvalue weighted by Crippen LogP contribution is -2.42. The zero-order valence-corrected chi connectivity index (χ0v) is 16.1. The van der Waals surface area contributed by atoms with Crippen molar-refractivity contribution in [2.24, 2.45) is 0 Å². The Hall–Kier alpha value is -2.28. The Bertz CT molecular complexity index is 867. The largest absolute Gasteiger partial charge is 0.415 e. The minimum Gasteiger partial charge on any atom is -0.409 e. The summed E-state index contributed by atoms with van der Waals surface area (Å²) in [6.45, 7) is 3.68. The third-order valence-corrected chi connectivity index (χ3v) is 4.57. The van der Waals surface area contributed by atoms with Crippen LogP contribution in [0.4, 0.5) is 10.5 Å². The zero-order chi connectivity index (χ0) is 19.4. The molecule has 1 saturated heterocycles. The highest BCUT2D eigenvalue weighted by atomic mass is 35.5. The second-order valence-corrected chi connectivity index (χ2v) is 6.89. The minimum absolute atomic E-state index is 0.122. The fraction of sp³-hybridized carbons (Fsp3) is 0.263. The Morgan fingerprint density at radius 3 is 2.56 bits per heavy atom. The molecule has 2 amide bonds. The van der Waals surface area contributed by atoms with E-state index in [0.29, 0.717) is 42.0 Å². The van der Waals surface area contributed by atoms with E-state index in [9.17, 15) is 9.59 Å². The molecule has 1 aliphatic heterocycles. The van der Waals surface area contributed by atoms with E-state index in [1.54, 1.807) is 18.2 Å². The molecule has 27 heavy (non-hydrogen) atoms. The molecule has 0 aromatic heterocycles. The molecular weight excluding hydrogens is 391 g/mol. The van der Waals surface area contributed by atoms with E-state index in [-0.39, 0.29) is 11.3 Å². The number of nitrogens with one attached hydrogen (secondary N) is 1. The molecule has 0 bridgehead atoms. The summed E-state index contributed by atoms with van der Waals surface area (Å²) in [5, 5.41) is 3.48. The summed E-state index contributed by atoms with van der Waals surface area (Å²) in [5.74, 6) is -0.357. The number of rotatable bonds is 3. The van der Waals surface area contributed by atoms with Gasteiger partial charge in [-0.3, -0.25) is 4.79 Å². The van der Waals surface area contributed by atoms with Crippen molar-refractivity contribution in [3.63, 3.8) is 0 Å². The standard InChI is InChI=1S/C19H18Cl2N2O4/c1-12-2-4-16(15(21)10-12)22-18(24)14-11-13(20)3-5-17(14)27-19(25)23-6-8-26-9-7-23/h2-5,10-11H,6-9H2,1H3,(H,22,24). The Morgan fingerprint density at radius 1 is 1.11 bits per heavy atom. The Balaban J connectivity index is 1.80. The lowest BCUT2D eigenvalue weighted by atomic mass is 10.1. The molecule has 1 aliphatic rings. The van der Waals surface area contributed by atoms with Crippen LogP contribution in [0.1, 0.15) is 15.9 Å². The van der Waals surface area contributed by atoms with Crippen molar-refractivity contribution < 1.29 is 19.1 Å². The maximum absolute atomic E-state index is 12.7. The molecule has 142 valence electrons. The summed E-state index contributed by atoms with van der Waals surface area (Å²) in [6, 6.07) is 9.78. The van der Waals surface area contributed by atoms with Crippen LogP contribution >= 0.6 is 23.2 Å². The van der Waals surface area contributed by atoms with Gasteiger partial charge in [0.2, 0.25) is 0 Å². The van der Waals surface area contributed by atoms with E-state index in [4.69, 9.17) is 32.7 Å². The SMILES string of the molecule is Cc1ccc(NC(=O)c2cc(Cl)ccc2OC(=O)N2CCOCC2)c(Cl)c1. The first-order valence-corrected chi connectivity index (χ1v) is 9.11. The van der Waals surface area contributed by atoms with Gasteiger partial charge in [0, 0.05) is 18.1 Å². The van der Waals surface area contributed by atoms with Gasteiger partial charge in [0.15, 0.2) is 0 Å². The molecule has 8 heteroatoms. The normalized spacial score (nSPS) is 14.0. The van der Waals surface area contributed by atoms with Crippen LogP contribution in [0.2, 0.25) is 10.0 Å². The molecule has 0 radical (unpaired) electrons. The van der Waals surface area contributed by atoms with Crippen LogP contribution in [0.3, 0.4) is 0 Å². The summed E-state index contributed by atoms with van der Waals surface area (Å²) in [5.41, 5.74) is 1.57. The Labute approximate surface area is 167 Å². The van der Waals surface area contributed by atoms with Gasteiger partial charge in [0.1, 0.15) is 5.75 Å². The maximum atomic E-state index is 12.7. The number of halogens is 2. The first-order chi connectivity index (χ1) is 12.9. The van der Waals surface area contributed by atoms with Crippen molar-refractivity contribution in [3.05, 3.63) is 57.6 Å². The van der Waals surface area contributed by atoms with E-state index >= 15 is 0 Å². The molecule has 1 fully saturated rings. The number of hydrogen-bond acceptors (Lipinski definition) is 4. The third-order valence-electron chi connectivity index (χ3n) is 4.03. The van der Waals surface area contributed by atoms with Crippen LogP contribution in [0.15, 0.2) is 36.4 Å². The molecule has 3 rings (SSSR count). The summed E-state index contributed by atoms with van der Waals surface area (Å²) >= 11 is 12.2. The Morgan fingerprint density at radius 2 is 1.85 bits per heavy atom. The number of benzene rings is 2. The predicted molar refractivity (Wildman–Crippen MR) is 104 cm³/mol. The monoisotopic (exact) mass is 408 g/mol. The summed E-state index contributed by atoms with van der Waals surface area (Å²) in [6.07, 6.45) is -0.539. The number of hydrogen-bond donors (Lipinski definition) is 1. The average molecular weight is 409 g/mol. The molecule has 1 heterocycles. The molecule has 6 nitrogen and oxygen atoms in total. The first-order valence-electron chi connectivity index (χ1n) is 8.35. The summed E-state index contributed by atoms with van der Waals surface area (Å²) < 4.78 is 10.6. The van der Waals surface area contributed by atoms with Crippen molar-refractivity contribution in [2.45, 2.75) is 6.92 Å². The van der Waals surface area contributed by atoms with Crippen LogP contribution in [-0.2, 0) is 4.74 Å². The fourth-order valence-electron chi connectivity index (χ4n) is 2.58. The van der Waals surface area contributed by atoms with Gasteiger partial charge in [-0.1, -0.05) is 29.3 Å². The summed E-state index contributed by atoms with van der Waals surface area (Å²) in [4.78, 5) is 26.6. The number of nitrogens with zero attached hydrogens (tertiary/aromatic N) is 1. The van der Waals surface area contributed by atoms with Gasteiger partial charge < -0.3 is 19.7 Å². The highest BCUT2D eigenvalue weighted by molar-refractivity contribution is 6.34. The molecule has 0 saturated carbocycles. The van der Waals surface area contributed by atoms with Crippen LogP contribution < -0.4 is 10.1 Å². The molecule has 1 N–H and O–H groups in total. The van der Waals surface area contributed by atoms with Gasteiger partial charge in [-0.15, -0.1) is 0 Å². The van der Waals surface area contributed by atoms with E-state index in [0.717, 1.165) is 5.56 Å². The third kappa shape index (κ3) is 4.91. The molecule has 2 aromatic carbocycles. The molecular formula is C19H18Cl2N2O4. The number of ether oxygens (including phenoxy) is 2.